The van der Waals surface area contributed by atoms with Gasteiger partial charge >= 0.3 is 0 Å². The number of H-pyrrole nitrogens is 1. The van der Waals surface area contributed by atoms with Gasteiger partial charge in [0.25, 0.3) is 0 Å². The molecule has 0 unspecified atom stereocenters. The van der Waals surface area contributed by atoms with Crippen molar-refractivity contribution in [3.05, 3.63) is 16.7 Å². The van der Waals surface area contributed by atoms with Crippen LogP contribution in [0.5, 0.6) is 0 Å². The van der Waals surface area contributed by atoms with Crippen LogP contribution in [-0.4, -0.2) is 9.55 Å². The van der Waals surface area contributed by atoms with Crippen LogP contribution >= 0.6 is 12.2 Å². The van der Waals surface area contributed by atoms with Crippen LogP contribution in [0.4, 0.5) is 0 Å². The van der Waals surface area contributed by atoms with Gasteiger partial charge in [-0.25, -0.2) is 0 Å². The fourth-order valence-corrected chi connectivity index (χ4v) is 5.36. The maximum atomic E-state index is 5.34. The van der Waals surface area contributed by atoms with Gasteiger partial charge in [0.2, 0.25) is 0 Å². The third-order valence-electron chi connectivity index (χ3n) is 5.49. The smallest absolute Gasteiger partial charge is 0.177 e. The molecule has 17 heavy (non-hydrogen) atoms. The number of imidazole rings is 1. The Kier molecular flexibility index (Phi) is 1.98. The van der Waals surface area contributed by atoms with Crippen molar-refractivity contribution in [3.63, 3.8) is 0 Å². The van der Waals surface area contributed by atoms with Crippen LogP contribution < -0.4 is 0 Å². The van der Waals surface area contributed by atoms with Crippen LogP contribution in [0.15, 0.2) is 6.20 Å². The van der Waals surface area contributed by atoms with Crippen molar-refractivity contribution in [3.8, 4) is 0 Å². The summed E-state index contributed by atoms with van der Waals surface area (Å²) in [6.45, 7) is 0. The van der Waals surface area contributed by atoms with Gasteiger partial charge in [0, 0.05) is 24.4 Å². The second-order valence-corrected chi connectivity index (χ2v) is 7.17. The van der Waals surface area contributed by atoms with Crippen molar-refractivity contribution >= 4 is 12.2 Å². The molecule has 4 fully saturated rings. The summed E-state index contributed by atoms with van der Waals surface area (Å²) in [6.07, 6.45) is 11.0. The van der Waals surface area contributed by atoms with E-state index in [1.807, 2.05) is 0 Å². The quantitative estimate of drug-likeness (QED) is 0.754. The summed E-state index contributed by atoms with van der Waals surface area (Å²) in [5.74, 6) is 3.01. The van der Waals surface area contributed by atoms with E-state index in [1.165, 1.54) is 44.2 Å². The highest BCUT2D eigenvalue weighted by atomic mass is 32.1. The normalized spacial score (nSPS) is 43.2. The summed E-state index contributed by atoms with van der Waals surface area (Å²) in [7, 11) is 2.06. The lowest BCUT2D eigenvalue weighted by molar-refractivity contribution is -0.00707. The Balaban J connectivity index is 1.79. The van der Waals surface area contributed by atoms with Crippen molar-refractivity contribution in [2.24, 2.45) is 24.8 Å². The first kappa shape index (κ1) is 10.4. The second kappa shape index (κ2) is 3.25. The molecule has 1 aromatic rings. The molecule has 0 amide bonds. The lowest BCUT2D eigenvalue weighted by Gasteiger charge is -2.56. The van der Waals surface area contributed by atoms with E-state index in [0.29, 0.717) is 5.41 Å². The van der Waals surface area contributed by atoms with E-state index in [0.717, 1.165) is 22.5 Å². The van der Waals surface area contributed by atoms with Gasteiger partial charge in [0.05, 0.1) is 0 Å². The first-order valence-electron chi connectivity index (χ1n) is 6.91. The third kappa shape index (κ3) is 1.41. The highest BCUT2D eigenvalue weighted by molar-refractivity contribution is 7.71. The number of aromatic nitrogens is 2. The van der Waals surface area contributed by atoms with Crippen LogP contribution in [-0.2, 0) is 12.5 Å². The number of hydrogen-bond donors (Lipinski definition) is 1. The minimum atomic E-state index is 0.462. The molecule has 1 N–H and O–H groups in total. The summed E-state index contributed by atoms with van der Waals surface area (Å²) < 4.78 is 2.96. The minimum absolute atomic E-state index is 0.462. The molecule has 4 aliphatic rings. The monoisotopic (exact) mass is 248 g/mol. The van der Waals surface area contributed by atoms with Crippen LogP contribution in [0.3, 0.4) is 0 Å². The Morgan fingerprint density at radius 2 is 1.71 bits per heavy atom. The average molecular weight is 248 g/mol. The number of nitrogens with one attached hydrogen (secondary N) is 1. The Morgan fingerprint density at radius 3 is 2.12 bits per heavy atom. The van der Waals surface area contributed by atoms with Crippen molar-refractivity contribution < 1.29 is 0 Å². The Bertz CT molecular complexity index is 475. The van der Waals surface area contributed by atoms with Gasteiger partial charge in [0.15, 0.2) is 4.77 Å². The van der Waals surface area contributed by atoms with E-state index in [-0.39, 0.29) is 0 Å². The molecule has 92 valence electrons. The fourth-order valence-electron chi connectivity index (χ4n) is 5.20. The van der Waals surface area contributed by atoms with E-state index >= 15 is 0 Å². The van der Waals surface area contributed by atoms with E-state index in [1.54, 1.807) is 0 Å². The number of aromatic amines is 1. The molecule has 1 aromatic heterocycles. The average Bonchev–Trinajstić information content (AvgIpc) is 2.58. The standard InChI is InChI=1S/C14H20N2S/c1-16-8-12(15-13(16)17)14-5-9-2-10(6-14)4-11(3-9)7-14/h8-11H,2-7H2,1H3,(H,15,17). The number of hydrogen-bond acceptors (Lipinski definition) is 1. The summed E-state index contributed by atoms with van der Waals surface area (Å²) in [6, 6.07) is 0. The van der Waals surface area contributed by atoms with E-state index in [4.69, 9.17) is 12.2 Å². The van der Waals surface area contributed by atoms with Crippen LogP contribution in [0.1, 0.15) is 44.2 Å². The van der Waals surface area contributed by atoms with Crippen molar-refractivity contribution in [1.82, 2.24) is 9.55 Å². The molecule has 0 aliphatic heterocycles. The summed E-state index contributed by atoms with van der Waals surface area (Å²) >= 11 is 5.34. The largest absolute Gasteiger partial charge is 0.334 e. The van der Waals surface area contributed by atoms with E-state index < -0.39 is 0 Å². The van der Waals surface area contributed by atoms with Gasteiger partial charge in [-0.2, -0.15) is 0 Å². The van der Waals surface area contributed by atoms with Gasteiger partial charge in [-0.3, -0.25) is 0 Å². The van der Waals surface area contributed by atoms with Gasteiger partial charge in [0.1, 0.15) is 0 Å². The Hall–Kier alpha value is -0.570. The third-order valence-corrected chi connectivity index (χ3v) is 5.88. The SMILES string of the molecule is Cn1cc(C23CC4CC(CC(C4)C2)C3)[nH]c1=S. The molecule has 0 radical (unpaired) electrons. The Labute approximate surface area is 107 Å². The summed E-state index contributed by atoms with van der Waals surface area (Å²) in [5, 5.41) is 0. The van der Waals surface area contributed by atoms with Crippen molar-refractivity contribution in [2.75, 3.05) is 0 Å². The van der Waals surface area contributed by atoms with Gasteiger partial charge in [-0.1, -0.05) is 0 Å². The second-order valence-electron chi connectivity index (χ2n) is 6.78. The number of nitrogens with zero attached hydrogens (tertiary/aromatic N) is 1. The zero-order chi connectivity index (χ0) is 11.6. The first-order valence-corrected chi connectivity index (χ1v) is 7.31. The molecule has 0 saturated heterocycles. The molecule has 5 rings (SSSR count). The minimum Gasteiger partial charge on any atom is -0.334 e. The molecule has 4 saturated carbocycles. The molecular weight excluding hydrogens is 228 g/mol. The zero-order valence-electron chi connectivity index (χ0n) is 10.4. The highest BCUT2D eigenvalue weighted by Gasteiger charge is 2.52. The molecule has 4 aliphatic carbocycles. The lowest BCUT2D eigenvalue weighted by Crippen LogP contribution is -2.48. The van der Waals surface area contributed by atoms with E-state index in [9.17, 15) is 0 Å². The van der Waals surface area contributed by atoms with Crippen molar-refractivity contribution in [1.29, 1.82) is 0 Å². The number of aryl methyl sites for hydroxylation is 1. The summed E-state index contributed by atoms with van der Waals surface area (Å²) in [4.78, 5) is 3.48. The topological polar surface area (TPSA) is 20.7 Å². The van der Waals surface area contributed by atoms with Gasteiger partial charge < -0.3 is 9.55 Å². The zero-order valence-corrected chi connectivity index (χ0v) is 11.2. The molecule has 0 spiro atoms. The molecule has 0 aromatic carbocycles. The predicted octanol–water partition coefficient (Wildman–Crippen LogP) is 3.55. The fraction of sp³-hybridized carbons (Fsp3) is 0.786. The van der Waals surface area contributed by atoms with E-state index in [2.05, 4.69) is 22.8 Å². The predicted molar refractivity (Wildman–Crippen MR) is 70.4 cm³/mol. The highest BCUT2D eigenvalue weighted by Crippen LogP contribution is 2.60. The molecule has 4 bridgehead atoms. The number of rotatable bonds is 1. The summed E-state index contributed by atoms with van der Waals surface area (Å²) in [5.41, 5.74) is 1.90. The van der Waals surface area contributed by atoms with Gasteiger partial charge in [-0.05, 0) is 68.5 Å². The molecule has 3 heteroatoms. The van der Waals surface area contributed by atoms with Gasteiger partial charge in [-0.15, -0.1) is 0 Å². The molecule has 2 nitrogen and oxygen atoms in total. The Morgan fingerprint density at radius 1 is 1.18 bits per heavy atom. The van der Waals surface area contributed by atoms with Crippen LogP contribution in [0, 0.1) is 22.5 Å². The maximum absolute atomic E-state index is 5.34. The molecule has 1 heterocycles. The molecule has 0 atom stereocenters. The van der Waals surface area contributed by atoms with Crippen LogP contribution in [0.25, 0.3) is 0 Å². The van der Waals surface area contributed by atoms with Crippen molar-refractivity contribution in [2.45, 2.75) is 43.9 Å². The van der Waals surface area contributed by atoms with Crippen LogP contribution in [0.2, 0.25) is 0 Å². The maximum Gasteiger partial charge on any atom is 0.177 e. The molecular formula is C14H20N2S. The lowest BCUT2D eigenvalue weighted by atomic mass is 9.49. The first-order chi connectivity index (χ1) is 8.14.